The van der Waals surface area contributed by atoms with Crippen molar-refractivity contribution in [3.63, 3.8) is 0 Å². The third-order valence-electron chi connectivity index (χ3n) is 15.3. The van der Waals surface area contributed by atoms with Gasteiger partial charge in [0.15, 0.2) is 12.2 Å². The molecule has 19 heteroatoms. The molecule has 0 spiro atoms. The number of hydrogen-bond donors (Lipinski definition) is 3. The summed E-state index contributed by atoms with van der Waals surface area (Å²) < 4.78 is 68.3. The summed E-state index contributed by atoms with van der Waals surface area (Å²) in [5.74, 6) is -2.33. The number of unbranched alkanes of at least 4 members (excludes halogenated alkanes) is 20. The predicted octanol–water partition coefficient (Wildman–Crippen LogP) is 21.9. The van der Waals surface area contributed by atoms with Gasteiger partial charge in [-0.3, -0.25) is 37.3 Å². The quantitative estimate of drug-likeness (QED) is 0.0169. The lowest BCUT2D eigenvalue weighted by Crippen LogP contribution is -2.30. The molecule has 3 N–H and O–H groups in total. The van der Waals surface area contributed by atoms with Crippen LogP contribution in [0.1, 0.15) is 285 Å². The second-order valence-electron chi connectivity index (χ2n) is 24.8. The molecule has 570 valence electrons. The van der Waals surface area contributed by atoms with E-state index in [1.165, 1.54) is 51.4 Å². The average molecular weight is 1440 g/mol. The van der Waals surface area contributed by atoms with Gasteiger partial charge < -0.3 is 33.8 Å². The van der Waals surface area contributed by atoms with Gasteiger partial charge in [0.2, 0.25) is 0 Å². The lowest BCUT2D eigenvalue weighted by atomic mass is 10.0. The van der Waals surface area contributed by atoms with Crippen LogP contribution in [-0.2, 0) is 65.4 Å². The Bertz CT molecular complexity index is 2470. The van der Waals surface area contributed by atoms with Crippen LogP contribution in [-0.4, -0.2) is 96.7 Å². The maximum absolute atomic E-state index is 13.1. The van der Waals surface area contributed by atoms with E-state index >= 15 is 0 Å². The third-order valence-corrected chi connectivity index (χ3v) is 17.2. The van der Waals surface area contributed by atoms with E-state index < -0.39 is 97.5 Å². The Morgan fingerprint density at radius 2 is 0.550 bits per heavy atom. The zero-order chi connectivity index (χ0) is 73.2. The number of hydrogen-bond acceptors (Lipinski definition) is 15. The summed E-state index contributed by atoms with van der Waals surface area (Å²) in [6.45, 7) is 4.42. The minimum absolute atomic E-state index is 0.0614. The van der Waals surface area contributed by atoms with Crippen LogP contribution in [0.25, 0.3) is 0 Å². The molecule has 5 atom stereocenters. The summed E-state index contributed by atoms with van der Waals surface area (Å²) in [5.41, 5.74) is 0. The first-order valence-electron chi connectivity index (χ1n) is 38.1. The van der Waals surface area contributed by atoms with Gasteiger partial charge in [0.05, 0.1) is 26.4 Å². The van der Waals surface area contributed by atoms with Crippen LogP contribution in [0.4, 0.5) is 0 Å². The minimum Gasteiger partial charge on any atom is -0.462 e. The van der Waals surface area contributed by atoms with E-state index in [4.69, 9.17) is 37.0 Å². The fraction of sp³-hybridized carbons (Fsp3) is 0.654. The van der Waals surface area contributed by atoms with E-state index in [2.05, 4.69) is 149 Å². The van der Waals surface area contributed by atoms with Crippen molar-refractivity contribution in [2.75, 3.05) is 39.6 Å². The largest absolute Gasteiger partial charge is 0.472 e. The van der Waals surface area contributed by atoms with Gasteiger partial charge >= 0.3 is 39.5 Å². The Morgan fingerprint density at radius 1 is 0.290 bits per heavy atom. The summed E-state index contributed by atoms with van der Waals surface area (Å²) in [5, 5.41) is 10.6. The number of allylic oxidation sites excluding steroid dienone is 24. The van der Waals surface area contributed by atoms with E-state index in [1.54, 1.807) is 0 Å². The summed E-state index contributed by atoms with van der Waals surface area (Å²) >= 11 is 0. The lowest BCUT2D eigenvalue weighted by molar-refractivity contribution is -0.161. The highest BCUT2D eigenvalue weighted by atomic mass is 31.2. The Kier molecular flexibility index (Phi) is 68.6. The molecule has 0 aromatic rings. The van der Waals surface area contributed by atoms with Crippen molar-refractivity contribution >= 4 is 39.5 Å². The molecule has 0 aromatic heterocycles. The van der Waals surface area contributed by atoms with Crippen LogP contribution in [0.3, 0.4) is 0 Å². The molecule has 0 heterocycles. The molecule has 17 nitrogen and oxygen atoms in total. The molecule has 0 saturated carbocycles. The van der Waals surface area contributed by atoms with Gasteiger partial charge in [0.1, 0.15) is 19.3 Å². The number of carbonyl (C=O) groups is 4. The normalized spacial score (nSPS) is 14.8. The molecule has 0 saturated heterocycles. The van der Waals surface area contributed by atoms with Crippen molar-refractivity contribution < 1.29 is 80.2 Å². The summed E-state index contributed by atoms with van der Waals surface area (Å²) in [6.07, 6.45) is 81.4. The van der Waals surface area contributed by atoms with Crippen LogP contribution < -0.4 is 0 Å². The molecule has 0 aliphatic heterocycles. The van der Waals surface area contributed by atoms with Crippen LogP contribution in [0.2, 0.25) is 0 Å². The van der Waals surface area contributed by atoms with Gasteiger partial charge in [-0.2, -0.15) is 0 Å². The van der Waals surface area contributed by atoms with Crippen LogP contribution in [0.5, 0.6) is 0 Å². The van der Waals surface area contributed by atoms with E-state index in [0.29, 0.717) is 38.5 Å². The molecule has 0 rings (SSSR count). The molecule has 0 aromatic carbocycles. The molecule has 0 fully saturated rings. The van der Waals surface area contributed by atoms with Crippen LogP contribution >= 0.6 is 15.6 Å². The molecule has 0 aliphatic carbocycles. The van der Waals surface area contributed by atoms with Crippen molar-refractivity contribution in [2.24, 2.45) is 0 Å². The minimum atomic E-state index is -5.00. The fourth-order valence-corrected chi connectivity index (χ4v) is 11.1. The monoisotopic (exact) mass is 1440 g/mol. The van der Waals surface area contributed by atoms with E-state index in [-0.39, 0.29) is 25.7 Å². The van der Waals surface area contributed by atoms with E-state index in [9.17, 15) is 43.2 Å². The highest BCUT2D eigenvalue weighted by molar-refractivity contribution is 7.47. The Hall–Kier alpha value is -5.06. The summed E-state index contributed by atoms with van der Waals surface area (Å²) in [4.78, 5) is 72.8. The highest BCUT2D eigenvalue weighted by Gasteiger charge is 2.30. The summed E-state index contributed by atoms with van der Waals surface area (Å²) in [6, 6.07) is 0. The maximum atomic E-state index is 13.1. The van der Waals surface area contributed by atoms with Gasteiger partial charge in [0, 0.05) is 25.7 Å². The first-order chi connectivity index (χ1) is 48.7. The third kappa shape index (κ3) is 71.3. The number of ether oxygens (including phenoxy) is 4. The number of phosphoric ester groups is 2. The van der Waals surface area contributed by atoms with Gasteiger partial charge in [0.25, 0.3) is 0 Å². The van der Waals surface area contributed by atoms with Gasteiger partial charge in [-0.1, -0.05) is 276 Å². The zero-order valence-electron chi connectivity index (χ0n) is 62.1. The SMILES string of the molecule is CC/C=C\C/C=C\C/C=C\C/C=C\C/C=C\CCCC(=O)OCC(COP(=O)(O)OCC(O)COP(=O)(O)OCC(COC(=O)CCC/C=C\C/C=C\C/C=C\C/C=C\C/C=C\CC)OC(=O)CCCCCCCCCCCCCCC)OC(=O)CCCCCCC/C=C\C/C=C\CCC. The summed E-state index contributed by atoms with van der Waals surface area (Å²) in [7, 11) is -9.99. The average Bonchev–Trinajstić information content (AvgIpc) is 0.943. The first-order valence-corrected chi connectivity index (χ1v) is 41.1. The van der Waals surface area contributed by atoms with Crippen molar-refractivity contribution in [3.05, 3.63) is 146 Å². The smallest absolute Gasteiger partial charge is 0.462 e. The Morgan fingerprint density at radius 3 is 0.870 bits per heavy atom. The van der Waals surface area contributed by atoms with Gasteiger partial charge in [-0.05, 0) is 128 Å². The first kappa shape index (κ1) is 94.9. The number of aliphatic hydroxyl groups excluding tert-OH is 1. The molecular weight excluding hydrogens is 1310 g/mol. The molecule has 100 heavy (non-hydrogen) atoms. The molecule has 0 amide bonds. The Balaban J connectivity index is 5.45. The lowest BCUT2D eigenvalue weighted by Gasteiger charge is -2.21. The predicted molar refractivity (Wildman–Crippen MR) is 408 cm³/mol. The maximum Gasteiger partial charge on any atom is 0.472 e. The topological polar surface area (TPSA) is 237 Å². The molecule has 0 radical (unpaired) electrons. The number of aliphatic hydroxyl groups is 1. The number of esters is 4. The molecule has 0 aliphatic rings. The van der Waals surface area contributed by atoms with Gasteiger partial charge in [-0.15, -0.1) is 0 Å². The van der Waals surface area contributed by atoms with E-state index in [1.807, 2.05) is 24.3 Å². The van der Waals surface area contributed by atoms with Crippen molar-refractivity contribution in [1.29, 1.82) is 0 Å². The number of rotatable bonds is 70. The van der Waals surface area contributed by atoms with Crippen LogP contribution in [0, 0.1) is 0 Å². The standard InChI is InChI=1S/C81H134O17P2/c1-5-9-13-17-21-25-29-33-35-37-39-43-45-49-53-57-61-65-78(83)91-71-76(97-80(85)67-63-59-55-51-47-41-31-27-23-19-15-11-7-3)73-95-99(87,88)93-69-75(82)70-94-100(89,90)96-74-77(98-81(86)68-64-60-56-52-48-42-32-28-24-20-16-12-8-4)72-92-79(84)66-62-58-54-50-46-44-40-38-36-34-30-26-22-18-14-10-6-2/h9-10,13-15,19,21-22,25-27,31,33-36,39-40,43-44,49-50,53-54,75-77,82H,5-8,11-12,16-18,20,23-24,28-30,32,37-38,41-42,45-48,51-52,55-74H2,1-4H3,(H,87,88)(H,89,90)/b13-9-,14-10-,19-15-,25-21-,26-22-,31-27-,35-33-,36-34-,43-39-,44-40-,53-49-,54-50-. The number of phosphoric acid groups is 2. The molecule has 5 unspecified atom stereocenters. The highest BCUT2D eigenvalue weighted by Crippen LogP contribution is 2.45. The van der Waals surface area contributed by atoms with Crippen LogP contribution in [0.15, 0.2) is 146 Å². The second-order valence-corrected chi connectivity index (χ2v) is 27.7. The number of carbonyl (C=O) groups excluding carboxylic acids is 4. The fourth-order valence-electron chi connectivity index (χ4n) is 9.56. The zero-order valence-corrected chi connectivity index (χ0v) is 63.9. The Labute approximate surface area is 605 Å². The molecular formula is C81H134O17P2. The molecule has 0 bridgehead atoms. The second kappa shape index (κ2) is 72.3. The van der Waals surface area contributed by atoms with Crippen molar-refractivity contribution in [3.8, 4) is 0 Å². The van der Waals surface area contributed by atoms with Crippen molar-refractivity contribution in [1.82, 2.24) is 0 Å². The van der Waals surface area contributed by atoms with Crippen molar-refractivity contribution in [2.45, 2.75) is 303 Å². The van der Waals surface area contributed by atoms with E-state index in [0.717, 1.165) is 141 Å². The van der Waals surface area contributed by atoms with Gasteiger partial charge in [-0.25, -0.2) is 9.13 Å².